The molecule has 11 nitrogen and oxygen atoms in total. The number of amides is 2. The molecule has 1 aliphatic carbocycles. The number of ether oxygens (including phenoxy) is 3. The lowest BCUT2D eigenvalue weighted by Gasteiger charge is -2.23. The number of hydrogen-bond acceptors (Lipinski definition) is 8. The third-order valence-corrected chi connectivity index (χ3v) is 7.43. The highest BCUT2D eigenvalue weighted by Crippen LogP contribution is 2.40. The molecule has 2 aliphatic heterocycles. The van der Waals surface area contributed by atoms with Crippen LogP contribution in [0, 0.1) is 0 Å². The highest BCUT2D eigenvalue weighted by atomic mass is 16.6. The van der Waals surface area contributed by atoms with E-state index in [1.165, 1.54) is 19.2 Å². The van der Waals surface area contributed by atoms with Crippen molar-refractivity contribution >= 4 is 24.1 Å². The van der Waals surface area contributed by atoms with E-state index in [-0.39, 0.29) is 35.2 Å². The van der Waals surface area contributed by atoms with Gasteiger partial charge in [0.15, 0.2) is 18.7 Å². The summed E-state index contributed by atoms with van der Waals surface area (Å²) in [6.07, 6.45) is 6.85. The van der Waals surface area contributed by atoms with E-state index in [1.54, 1.807) is 6.07 Å². The molecule has 36 heavy (non-hydrogen) atoms. The Kier molecular flexibility index (Phi) is 6.71. The van der Waals surface area contributed by atoms with Crippen molar-refractivity contribution in [3.63, 3.8) is 0 Å². The zero-order valence-electron chi connectivity index (χ0n) is 20.1. The first kappa shape index (κ1) is 24.0. The van der Waals surface area contributed by atoms with E-state index in [4.69, 9.17) is 14.2 Å². The lowest BCUT2D eigenvalue weighted by Crippen LogP contribution is -2.37. The molecule has 1 saturated carbocycles. The Balaban J connectivity index is 1.12. The van der Waals surface area contributed by atoms with Crippen LogP contribution in [0.4, 0.5) is 10.6 Å². The molecule has 2 atom stereocenters. The molecule has 0 radical (unpaired) electrons. The topological polar surface area (TPSA) is 143 Å². The van der Waals surface area contributed by atoms with Gasteiger partial charge in [0.05, 0.1) is 12.7 Å². The van der Waals surface area contributed by atoms with E-state index >= 15 is 0 Å². The maximum atomic E-state index is 12.7. The van der Waals surface area contributed by atoms with Crippen molar-refractivity contribution in [2.75, 3.05) is 19.0 Å². The number of methoxy groups -OCH3 is 1. The van der Waals surface area contributed by atoms with Crippen LogP contribution >= 0.6 is 0 Å². The maximum absolute atomic E-state index is 12.7. The summed E-state index contributed by atoms with van der Waals surface area (Å²) in [5.41, 5.74) is 0.798. The number of anilines is 1. The molecule has 192 valence electrons. The number of carbonyl (C=O) groups excluding carboxylic acids is 3. The van der Waals surface area contributed by atoms with Crippen LogP contribution < -0.4 is 14.8 Å². The van der Waals surface area contributed by atoms with E-state index in [9.17, 15) is 19.5 Å². The third-order valence-electron chi connectivity index (χ3n) is 7.43. The molecule has 2 saturated heterocycles. The number of phenolic OH excluding ortho intramolecular Hbond substituents is 1. The largest absolute Gasteiger partial charge is 0.507 e. The van der Waals surface area contributed by atoms with E-state index in [0.29, 0.717) is 36.4 Å². The minimum Gasteiger partial charge on any atom is -0.507 e. The first-order chi connectivity index (χ1) is 17.4. The van der Waals surface area contributed by atoms with Crippen LogP contribution in [0.3, 0.4) is 0 Å². The number of aldehydes is 1. The van der Waals surface area contributed by atoms with Crippen molar-refractivity contribution in [1.29, 1.82) is 0 Å². The maximum Gasteiger partial charge on any atom is 0.410 e. The second kappa shape index (κ2) is 10.1. The molecule has 1 aromatic heterocycles. The van der Waals surface area contributed by atoms with E-state index < -0.39 is 12.5 Å². The van der Waals surface area contributed by atoms with Gasteiger partial charge in [-0.15, -0.1) is 0 Å². The van der Waals surface area contributed by atoms with Crippen LogP contribution in [0.1, 0.15) is 66.9 Å². The molecule has 3 N–H and O–H groups in total. The summed E-state index contributed by atoms with van der Waals surface area (Å²) in [4.78, 5) is 38.3. The van der Waals surface area contributed by atoms with Crippen molar-refractivity contribution in [2.45, 2.75) is 69.1 Å². The Morgan fingerprint density at radius 3 is 2.61 bits per heavy atom. The number of rotatable bonds is 8. The minimum absolute atomic E-state index is 0.0354. The van der Waals surface area contributed by atoms with Crippen LogP contribution in [0.2, 0.25) is 0 Å². The van der Waals surface area contributed by atoms with Crippen LogP contribution in [-0.2, 0) is 9.53 Å². The molecule has 0 spiro atoms. The average molecular weight is 499 g/mol. The minimum atomic E-state index is -0.481. The van der Waals surface area contributed by atoms with E-state index in [0.717, 1.165) is 44.2 Å². The number of nitrogens with zero attached hydrogens (tertiary/aromatic N) is 2. The number of carbonyl (C=O) groups is 3. The molecule has 11 heteroatoms. The van der Waals surface area contributed by atoms with E-state index in [1.807, 2.05) is 4.90 Å². The van der Waals surface area contributed by atoms with Crippen LogP contribution in [0.15, 0.2) is 18.2 Å². The quantitative estimate of drug-likeness (QED) is 0.470. The number of fused-ring (bicyclic) bond motifs is 2. The number of aromatic hydroxyl groups is 1. The number of H-pyrrole nitrogens is 1. The van der Waals surface area contributed by atoms with E-state index in [2.05, 4.69) is 15.5 Å². The number of hydrogen-bond donors (Lipinski definition) is 3. The lowest BCUT2D eigenvalue weighted by molar-refractivity contribution is -0.118. The average Bonchev–Trinajstić information content (AvgIpc) is 3.67. The Morgan fingerprint density at radius 1 is 1.17 bits per heavy atom. The van der Waals surface area contributed by atoms with Gasteiger partial charge in [0.1, 0.15) is 23.4 Å². The van der Waals surface area contributed by atoms with Gasteiger partial charge in [-0.25, -0.2) is 4.79 Å². The molecule has 3 aliphatic rings. The summed E-state index contributed by atoms with van der Waals surface area (Å²) >= 11 is 0. The van der Waals surface area contributed by atoms with Gasteiger partial charge in [0.25, 0.3) is 5.91 Å². The first-order valence-corrected chi connectivity index (χ1v) is 12.3. The molecule has 2 bridgehead atoms. The summed E-state index contributed by atoms with van der Waals surface area (Å²) < 4.78 is 16.3. The van der Waals surface area contributed by atoms with Crippen molar-refractivity contribution in [3.05, 3.63) is 29.5 Å². The zero-order chi connectivity index (χ0) is 25.2. The van der Waals surface area contributed by atoms with Crippen molar-refractivity contribution in [1.82, 2.24) is 15.1 Å². The molecule has 2 amide bonds. The van der Waals surface area contributed by atoms with Gasteiger partial charge in [-0.2, -0.15) is 5.10 Å². The lowest BCUT2D eigenvalue weighted by atomic mass is 10.0. The van der Waals surface area contributed by atoms with Gasteiger partial charge in [-0.1, -0.05) is 0 Å². The number of aromatic amines is 1. The van der Waals surface area contributed by atoms with Gasteiger partial charge in [0, 0.05) is 41.9 Å². The number of nitrogens with one attached hydrogen (secondary N) is 2. The van der Waals surface area contributed by atoms with Crippen LogP contribution in [0.25, 0.3) is 0 Å². The number of phenols is 1. The van der Waals surface area contributed by atoms with Crippen molar-refractivity contribution < 1.29 is 33.7 Å². The smallest absolute Gasteiger partial charge is 0.410 e. The molecular weight excluding hydrogens is 468 g/mol. The number of aromatic nitrogens is 2. The van der Waals surface area contributed by atoms with Crippen LogP contribution in [-0.4, -0.2) is 70.4 Å². The van der Waals surface area contributed by atoms with Gasteiger partial charge in [-0.3, -0.25) is 14.7 Å². The Morgan fingerprint density at radius 2 is 1.92 bits per heavy atom. The van der Waals surface area contributed by atoms with Crippen molar-refractivity contribution in [2.24, 2.45) is 0 Å². The normalized spacial score (nSPS) is 24.5. The second-order valence-corrected chi connectivity index (χ2v) is 9.61. The summed E-state index contributed by atoms with van der Waals surface area (Å²) in [5, 5.41) is 19.7. The van der Waals surface area contributed by atoms with Gasteiger partial charge >= 0.3 is 6.09 Å². The Bertz CT molecular complexity index is 1130. The SMILES string of the molecule is COc1cc(O)c(C=O)c(OCC(=O)Nc2cc([C@H]3CC[C@@H](OC(=O)N4C5CCC4CC5)C3)[nH]n2)c1. The van der Waals surface area contributed by atoms with Gasteiger partial charge < -0.3 is 29.5 Å². The predicted octanol–water partition coefficient (Wildman–Crippen LogP) is 3.35. The highest BCUT2D eigenvalue weighted by molar-refractivity contribution is 5.91. The molecule has 1 aromatic carbocycles. The summed E-state index contributed by atoms with van der Waals surface area (Å²) in [6, 6.07) is 5.17. The predicted molar refractivity (Wildman–Crippen MR) is 128 cm³/mol. The third kappa shape index (κ3) is 4.82. The molecular formula is C25H30N4O7. The molecule has 0 unspecified atom stereocenters. The summed E-state index contributed by atoms with van der Waals surface area (Å²) in [6.45, 7) is -0.393. The highest BCUT2D eigenvalue weighted by Gasteiger charge is 2.44. The molecule has 5 rings (SSSR count). The standard InChI is InChI=1S/C25H30N4O7/c1-34-18-9-21(31)19(12-30)22(10-18)35-13-24(32)26-23-11-20(27-28-23)14-2-7-17(8-14)36-25(33)29-15-3-4-16(29)6-5-15/h9-12,14-17,31H,2-8,13H2,1H3,(H2,26,27,28,32)/t14-,15?,16?,17+/m0/s1. The van der Waals surface area contributed by atoms with Crippen molar-refractivity contribution in [3.8, 4) is 17.2 Å². The zero-order valence-corrected chi connectivity index (χ0v) is 20.1. The summed E-state index contributed by atoms with van der Waals surface area (Å²) in [5.74, 6) is 0.0434. The number of benzene rings is 1. The van der Waals surface area contributed by atoms with Gasteiger partial charge in [0.2, 0.25) is 0 Å². The molecule has 3 fully saturated rings. The fourth-order valence-electron chi connectivity index (χ4n) is 5.62. The molecule has 2 aromatic rings. The Labute approximate surface area is 208 Å². The monoisotopic (exact) mass is 498 g/mol. The molecule has 3 heterocycles. The van der Waals surface area contributed by atoms with Crippen LogP contribution in [0.5, 0.6) is 17.2 Å². The van der Waals surface area contributed by atoms with Gasteiger partial charge in [-0.05, 0) is 44.9 Å². The fourth-order valence-corrected chi connectivity index (χ4v) is 5.62. The Hall–Kier alpha value is -3.76. The fraction of sp³-hybridized carbons (Fsp3) is 0.520. The summed E-state index contributed by atoms with van der Waals surface area (Å²) in [7, 11) is 1.41. The second-order valence-electron chi connectivity index (χ2n) is 9.61. The first-order valence-electron chi connectivity index (χ1n) is 12.3.